The largest absolute Gasteiger partial charge is 0.437 e. The maximum absolute atomic E-state index is 12.6. The van der Waals surface area contributed by atoms with Gasteiger partial charge in [0.15, 0.2) is 0 Å². The molecule has 0 saturated carbocycles. The van der Waals surface area contributed by atoms with Gasteiger partial charge in [-0.1, -0.05) is 6.07 Å². The lowest BCUT2D eigenvalue weighted by atomic mass is 10.2. The summed E-state index contributed by atoms with van der Waals surface area (Å²) in [5, 5.41) is -0.0984. The summed E-state index contributed by atoms with van der Waals surface area (Å²) in [5.41, 5.74) is 5.36. The van der Waals surface area contributed by atoms with Crippen molar-refractivity contribution in [1.82, 2.24) is 9.97 Å². The van der Waals surface area contributed by atoms with Crippen LogP contribution >= 0.6 is 11.6 Å². The van der Waals surface area contributed by atoms with Crippen LogP contribution in [0, 0.1) is 6.92 Å². The number of halogens is 4. The Kier molecular flexibility index (Phi) is 3.71. The molecule has 0 fully saturated rings. The third-order valence-electron chi connectivity index (χ3n) is 2.45. The zero-order chi connectivity index (χ0) is 14.9. The van der Waals surface area contributed by atoms with Gasteiger partial charge in [-0.3, -0.25) is 0 Å². The van der Waals surface area contributed by atoms with Crippen LogP contribution in [0.1, 0.15) is 11.3 Å². The number of aryl methyl sites for hydroxylation is 1. The van der Waals surface area contributed by atoms with Crippen molar-refractivity contribution in [2.45, 2.75) is 13.1 Å². The Morgan fingerprint density at radius 2 is 1.95 bits per heavy atom. The molecular formula is C12H9ClF3N3O. The number of benzene rings is 1. The van der Waals surface area contributed by atoms with E-state index in [1.54, 1.807) is 6.92 Å². The molecule has 1 heterocycles. The first-order chi connectivity index (χ1) is 9.27. The van der Waals surface area contributed by atoms with Gasteiger partial charge in [0.25, 0.3) is 0 Å². The molecule has 0 bridgehead atoms. The minimum atomic E-state index is -4.45. The molecule has 2 aromatic rings. The van der Waals surface area contributed by atoms with E-state index in [0.29, 0.717) is 5.69 Å². The van der Waals surface area contributed by atoms with Crippen LogP contribution in [-0.4, -0.2) is 9.97 Å². The fraction of sp³-hybridized carbons (Fsp3) is 0.167. The van der Waals surface area contributed by atoms with Crippen LogP contribution < -0.4 is 10.5 Å². The second kappa shape index (κ2) is 5.16. The monoisotopic (exact) mass is 303 g/mol. The number of nitrogens with zero attached hydrogens (tertiary/aromatic N) is 2. The maximum Gasteiger partial charge on any atom is 0.416 e. The summed E-state index contributed by atoms with van der Waals surface area (Å²) in [6.07, 6.45) is -4.45. The van der Waals surface area contributed by atoms with Gasteiger partial charge in [0.2, 0.25) is 11.2 Å². The topological polar surface area (TPSA) is 61.0 Å². The quantitative estimate of drug-likeness (QED) is 0.856. The van der Waals surface area contributed by atoms with E-state index in [2.05, 4.69) is 9.97 Å². The van der Waals surface area contributed by atoms with Crippen LogP contribution in [0.15, 0.2) is 24.3 Å². The van der Waals surface area contributed by atoms with Crippen LogP contribution in [0.5, 0.6) is 11.6 Å². The van der Waals surface area contributed by atoms with Crippen molar-refractivity contribution < 1.29 is 17.9 Å². The predicted octanol–water partition coefficient (Wildman–Crippen LogP) is 3.83. The van der Waals surface area contributed by atoms with E-state index >= 15 is 0 Å². The van der Waals surface area contributed by atoms with E-state index < -0.39 is 11.7 Å². The minimum Gasteiger partial charge on any atom is -0.437 e. The van der Waals surface area contributed by atoms with E-state index in [1.807, 2.05) is 0 Å². The Bertz CT molecular complexity index is 646. The standard InChI is InChI=1S/C12H9ClF3N3O/c1-6-9(17)10(19-11(13)18-6)20-8-4-2-3-7(5-8)12(14,15)16/h2-5H,17H2,1H3. The SMILES string of the molecule is Cc1nc(Cl)nc(Oc2cccc(C(F)(F)F)c2)c1N. The first-order valence-electron chi connectivity index (χ1n) is 5.42. The zero-order valence-electron chi connectivity index (χ0n) is 10.2. The van der Waals surface area contributed by atoms with Gasteiger partial charge in [-0.2, -0.15) is 18.2 Å². The first-order valence-corrected chi connectivity index (χ1v) is 5.80. The van der Waals surface area contributed by atoms with Crippen molar-refractivity contribution >= 4 is 17.3 Å². The Morgan fingerprint density at radius 3 is 2.60 bits per heavy atom. The van der Waals surface area contributed by atoms with E-state index in [0.717, 1.165) is 12.1 Å². The first kappa shape index (κ1) is 14.4. The Hall–Kier alpha value is -2.02. The lowest BCUT2D eigenvalue weighted by Crippen LogP contribution is -2.05. The maximum atomic E-state index is 12.6. The number of rotatable bonds is 2. The highest BCUT2D eigenvalue weighted by Gasteiger charge is 2.30. The molecule has 2 N–H and O–H groups in total. The predicted molar refractivity (Wildman–Crippen MR) is 67.7 cm³/mol. The summed E-state index contributed by atoms with van der Waals surface area (Å²) in [7, 11) is 0. The van der Waals surface area contributed by atoms with Gasteiger partial charge in [0.05, 0.1) is 11.3 Å². The van der Waals surface area contributed by atoms with Gasteiger partial charge >= 0.3 is 6.18 Å². The molecule has 0 aliphatic carbocycles. The van der Waals surface area contributed by atoms with Gasteiger partial charge in [-0.25, -0.2) is 4.98 Å². The molecule has 0 unspecified atom stereocenters. The summed E-state index contributed by atoms with van der Waals surface area (Å²) in [4.78, 5) is 7.55. The summed E-state index contributed by atoms with van der Waals surface area (Å²) in [6, 6.07) is 4.38. The van der Waals surface area contributed by atoms with Gasteiger partial charge in [0.1, 0.15) is 11.4 Å². The van der Waals surface area contributed by atoms with Gasteiger partial charge in [-0.15, -0.1) is 0 Å². The highest BCUT2D eigenvalue weighted by atomic mass is 35.5. The lowest BCUT2D eigenvalue weighted by molar-refractivity contribution is -0.137. The Balaban J connectivity index is 2.36. The number of aromatic nitrogens is 2. The second-order valence-corrected chi connectivity index (χ2v) is 4.26. The number of ether oxygens (including phenoxy) is 1. The van der Waals surface area contributed by atoms with Crippen LogP contribution in [-0.2, 0) is 6.18 Å². The number of alkyl halides is 3. The highest BCUT2D eigenvalue weighted by molar-refractivity contribution is 6.28. The van der Waals surface area contributed by atoms with Crippen molar-refractivity contribution in [3.63, 3.8) is 0 Å². The van der Waals surface area contributed by atoms with Crippen molar-refractivity contribution in [2.75, 3.05) is 5.73 Å². The highest BCUT2D eigenvalue weighted by Crippen LogP contribution is 2.34. The van der Waals surface area contributed by atoms with Crippen LogP contribution in [0.25, 0.3) is 0 Å². The molecule has 0 aliphatic heterocycles. The third-order valence-corrected chi connectivity index (χ3v) is 2.62. The smallest absolute Gasteiger partial charge is 0.416 e. The minimum absolute atomic E-state index is 0.0410. The number of hydrogen-bond donors (Lipinski definition) is 1. The van der Waals surface area contributed by atoms with Crippen LogP contribution in [0.2, 0.25) is 5.28 Å². The molecular weight excluding hydrogens is 295 g/mol. The fourth-order valence-electron chi connectivity index (χ4n) is 1.45. The molecule has 4 nitrogen and oxygen atoms in total. The molecule has 1 aromatic heterocycles. The Labute approximate surface area is 117 Å². The van der Waals surface area contributed by atoms with E-state index in [4.69, 9.17) is 22.1 Å². The summed E-state index contributed by atoms with van der Waals surface area (Å²) in [6.45, 7) is 1.59. The van der Waals surface area contributed by atoms with Gasteiger partial charge < -0.3 is 10.5 Å². The second-order valence-electron chi connectivity index (χ2n) is 3.92. The van der Waals surface area contributed by atoms with Crippen molar-refractivity contribution in [1.29, 1.82) is 0 Å². The van der Waals surface area contributed by atoms with Crippen molar-refractivity contribution in [2.24, 2.45) is 0 Å². The molecule has 1 aromatic carbocycles. The van der Waals surface area contributed by atoms with Gasteiger partial charge in [0, 0.05) is 0 Å². The molecule has 0 atom stereocenters. The van der Waals surface area contributed by atoms with Crippen LogP contribution in [0.3, 0.4) is 0 Å². The number of nitrogen functional groups attached to an aromatic ring is 1. The number of anilines is 1. The zero-order valence-corrected chi connectivity index (χ0v) is 11.0. The molecule has 0 aliphatic rings. The summed E-state index contributed by atoms with van der Waals surface area (Å²) >= 11 is 5.65. The molecule has 0 saturated heterocycles. The van der Waals surface area contributed by atoms with E-state index in [1.165, 1.54) is 12.1 Å². The normalized spacial score (nSPS) is 11.4. The molecule has 2 rings (SSSR count). The molecule has 8 heteroatoms. The molecule has 0 spiro atoms. The van der Waals surface area contributed by atoms with Gasteiger partial charge in [-0.05, 0) is 36.7 Å². The number of nitrogens with two attached hydrogens (primary N) is 1. The summed E-state index contributed by atoms with van der Waals surface area (Å²) < 4.78 is 43.0. The summed E-state index contributed by atoms with van der Waals surface area (Å²) in [5.74, 6) is -0.123. The third kappa shape index (κ3) is 3.11. The van der Waals surface area contributed by atoms with E-state index in [9.17, 15) is 13.2 Å². The fourth-order valence-corrected chi connectivity index (χ4v) is 1.65. The average molecular weight is 304 g/mol. The molecule has 0 amide bonds. The van der Waals surface area contributed by atoms with E-state index in [-0.39, 0.29) is 22.6 Å². The van der Waals surface area contributed by atoms with Crippen molar-refractivity contribution in [3.8, 4) is 11.6 Å². The van der Waals surface area contributed by atoms with Crippen LogP contribution in [0.4, 0.5) is 18.9 Å². The Morgan fingerprint density at radius 1 is 1.25 bits per heavy atom. The van der Waals surface area contributed by atoms with Crippen molar-refractivity contribution in [3.05, 3.63) is 40.8 Å². The lowest BCUT2D eigenvalue weighted by Gasteiger charge is -2.11. The number of hydrogen-bond acceptors (Lipinski definition) is 4. The molecule has 0 radical (unpaired) electrons. The molecule has 106 valence electrons. The molecule has 20 heavy (non-hydrogen) atoms. The average Bonchev–Trinajstić information content (AvgIpc) is 2.35.